The Morgan fingerprint density at radius 2 is 1.82 bits per heavy atom. The van der Waals surface area contributed by atoms with Crippen LogP contribution < -0.4 is 0 Å². The molecule has 0 saturated heterocycles. The van der Waals surface area contributed by atoms with Crippen molar-refractivity contribution in [3.8, 4) is 0 Å². The third-order valence-electron chi connectivity index (χ3n) is 1.22. The minimum Gasteiger partial charge on any atom is -0.291 e. The first-order chi connectivity index (χ1) is 5.31. The molecule has 0 fully saturated rings. The molecule has 0 bridgehead atoms. The van der Waals surface area contributed by atoms with Gasteiger partial charge in [0.1, 0.15) is 0 Å². The van der Waals surface area contributed by atoms with Gasteiger partial charge in [0, 0.05) is 25.0 Å². The Morgan fingerprint density at radius 3 is 2.36 bits per heavy atom. The van der Waals surface area contributed by atoms with Crippen molar-refractivity contribution in [2.75, 3.05) is 13.1 Å². The first-order valence-electron chi connectivity index (χ1n) is 4.32. The zero-order valence-electron chi connectivity index (χ0n) is 7.80. The highest BCUT2D eigenvalue weighted by Crippen LogP contribution is 1.81. The molecule has 0 amide bonds. The van der Waals surface area contributed by atoms with Crippen molar-refractivity contribution in [3.05, 3.63) is 0 Å². The van der Waals surface area contributed by atoms with E-state index in [1.165, 1.54) is 0 Å². The molecule has 0 unspecified atom stereocenters. The van der Waals surface area contributed by atoms with Gasteiger partial charge >= 0.3 is 0 Å². The van der Waals surface area contributed by atoms with Crippen LogP contribution in [-0.2, 0) is 0 Å². The Morgan fingerprint density at radius 1 is 1.18 bits per heavy atom. The molecule has 2 heteroatoms. The lowest BCUT2D eigenvalue weighted by Gasteiger charge is -1.90. The van der Waals surface area contributed by atoms with Gasteiger partial charge in [-0.25, -0.2) is 0 Å². The lowest BCUT2D eigenvalue weighted by Crippen LogP contribution is -1.95. The second-order valence-electron chi connectivity index (χ2n) is 2.56. The van der Waals surface area contributed by atoms with Gasteiger partial charge < -0.3 is 0 Å². The van der Waals surface area contributed by atoms with Crippen molar-refractivity contribution in [1.82, 2.24) is 0 Å². The summed E-state index contributed by atoms with van der Waals surface area (Å²) in [6.07, 6.45) is 4.08. The highest BCUT2D eigenvalue weighted by atomic mass is 14.8. The summed E-state index contributed by atoms with van der Waals surface area (Å²) in [7, 11) is 0. The molecule has 0 spiro atoms. The fourth-order valence-corrected chi connectivity index (χ4v) is 0.655. The van der Waals surface area contributed by atoms with E-state index in [0.29, 0.717) is 0 Å². The van der Waals surface area contributed by atoms with Gasteiger partial charge in [-0.1, -0.05) is 13.8 Å². The molecule has 0 aromatic rings. The predicted octanol–water partition coefficient (Wildman–Crippen LogP) is 2.34. The Bertz CT molecular complexity index is 136. The zero-order valence-corrected chi connectivity index (χ0v) is 7.80. The van der Waals surface area contributed by atoms with E-state index in [2.05, 4.69) is 23.8 Å². The maximum atomic E-state index is 4.28. The molecule has 0 aliphatic carbocycles. The normalized spacial score (nSPS) is 12.8. The summed E-state index contributed by atoms with van der Waals surface area (Å²) < 4.78 is 0. The first kappa shape index (κ1) is 10.3. The number of hydrogen-bond acceptors (Lipinski definition) is 2. The monoisotopic (exact) mass is 154 g/mol. The molecule has 11 heavy (non-hydrogen) atoms. The number of aliphatic imine (C=N–C) groups is 2. The smallest absolute Gasteiger partial charge is 0.0495 e. The van der Waals surface area contributed by atoms with Crippen molar-refractivity contribution in [3.63, 3.8) is 0 Å². The highest BCUT2D eigenvalue weighted by molar-refractivity contribution is 6.29. The van der Waals surface area contributed by atoms with E-state index in [0.717, 1.165) is 31.6 Å². The first-order valence-corrected chi connectivity index (χ1v) is 4.32. The molecule has 0 N–H and O–H groups in total. The van der Waals surface area contributed by atoms with Crippen LogP contribution in [-0.4, -0.2) is 25.0 Å². The summed E-state index contributed by atoms with van der Waals surface area (Å²) in [5.41, 5.74) is 1.04. The van der Waals surface area contributed by atoms with E-state index in [1.807, 2.05) is 13.1 Å². The van der Waals surface area contributed by atoms with Crippen LogP contribution in [0.3, 0.4) is 0 Å². The quantitative estimate of drug-likeness (QED) is 0.543. The molecule has 0 aliphatic heterocycles. The number of rotatable bonds is 5. The van der Waals surface area contributed by atoms with Crippen LogP contribution in [0.15, 0.2) is 9.98 Å². The van der Waals surface area contributed by atoms with Gasteiger partial charge in [-0.2, -0.15) is 0 Å². The van der Waals surface area contributed by atoms with Gasteiger partial charge in [0.15, 0.2) is 0 Å². The molecule has 64 valence electrons. The summed E-state index contributed by atoms with van der Waals surface area (Å²) in [5, 5.41) is 0. The van der Waals surface area contributed by atoms with Crippen molar-refractivity contribution in [1.29, 1.82) is 0 Å². The van der Waals surface area contributed by atoms with Crippen LogP contribution in [0.1, 0.15) is 33.6 Å². The Labute approximate surface area is 69.4 Å². The fraction of sp³-hybridized carbons (Fsp3) is 0.778. The maximum Gasteiger partial charge on any atom is 0.0495 e. The van der Waals surface area contributed by atoms with Crippen LogP contribution in [0.5, 0.6) is 0 Å². The van der Waals surface area contributed by atoms with Crippen LogP contribution in [0.25, 0.3) is 0 Å². The molecular weight excluding hydrogens is 136 g/mol. The van der Waals surface area contributed by atoms with Crippen molar-refractivity contribution < 1.29 is 0 Å². The van der Waals surface area contributed by atoms with Gasteiger partial charge in [0.2, 0.25) is 0 Å². The second-order valence-corrected chi connectivity index (χ2v) is 2.56. The summed E-state index contributed by atoms with van der Waals surface area (Å²) in [4.78, 5) is 8.47. The lowest BCUT2D eigenvalue weighted by atomic mass is 10.4. The van der Waals surface area contributed by atoms with Crippen molar-refractivity contribution >= 4 is 11.9 Å². The molecule has 0 aromatic carbocycles. The summed E-state index contributed by atoms with van der Waals surface area (Å²) in [6.45, 7) is 8.08. The van der Waals surface area contributed by atoms with Crippen molar-refractivity contribution in [2.45, 2.75) is 33.6 Å². The van der Waals surface area contributed by atoms with E-state index < -0.39 is 0 Å². The van der Waals surface area contributed by atoms with Gasteiger partial charge in [0.25, 0.3) is 0 Å². The van der Waals surface area contributed by atoms with E-state index in [9.17, 15) is 0 Å². The van der Waals surface area contributed by atoms with Gasteiger partial charge in [-0.3, -0.25) is 9.98 Å². The molecule has 0 heterocycles. The molecular formula is C9H18N2. The van der Waals surface area contributed by atoms with E-state index in [-0.39, 0.29) is 0 Å². The summed E-state index contributed by atoms with van der Waals surface area (Å²) >= 11 is 0. The van der Waals surface area contributed by atoms with Crippen molar-refractivity contribution in [2.24, 2.45) is 9.98 Å². The topological polar surface area (TPSA) is 24.7 Å². The van der Waals surface area contributed by atoms with E-state index in [4.69, 9.17) is 0 Å². The third kappa shape index (κ3) is 7.23. The molecule has 2 nitrogen and oxygen atoms in total. The standard InChI is InChI=1S/C9H18N2/c1-4-6-10-8-9(3)11-7-5-2/h8H,4-7H2,1-3H3. The lowest BCUT2D eigenvalue weighted by molar-refractivity contribution is 0.929. The zero-order chi connectivity index (χ0) is 8.53. The van der Waals surface area contributed by atoms with E-state index in [1.54, 1.807) is 0 Å². The molecule has 0 saturated carbocycles. The summed E-state index contributed by atoms with van der Waals surface area (Å²) in [5.74, 6) is 0. The number of hydrogen-bond donors (Lipinski definition) is 0. The SMILES string of the molecule is CCCN=CC(C)=NCCC. The van der Waals surface area contributed by atoms with Crippen LogP contribution >= 0.6 is 0 Å². The molecule has 0 aromatic heterocycles. The van der Waals surface area contributed by atoms with Crippen LogP contribution in [0, 0.1) is 0 Å². The highest BCUT2D eigenvalue weighted by Gasteiger charge is 1.82. The fourth-order valence-electron chi connectivity index (χ4n) is 0.655. The Hall–Kier alpha value is -0.660. The summed E-state index contributed by atoms with van der Waals surface area (Å²) in [6, 6.07) is 0. The minimum absolute atomic E-state index is 0.916. The predicted molar refractivity (Wildman–Crippen MR) is 51.9 cm³/mol. The number of nitrogens with zero attached hydrogens (tertiary/aromatic N) is 2. The minimum atomic E-state index is 0.916. The molecule has 0 atom stereocenters. The largest absolute Gasteiger partial charge is 0.291 e. The molecule has 0 radical (unpaired) electrons. The maximum absolute atomic E-state index is 4.28. The second kappa shape index (κ2) is 7.45. The van der Waals surface area contributed by atoms with Gasteiger partial charge in [-0.05, 0) is 19.8 Å². The molecule has 0 aliphatic rings. The van der Waals surface area contributed by atoms with Crippen LogP contribution in [0.2, 0.25) is 0 Å². The van der Waals surface area contributed by atoms with E-state index >= 15 is 0 Å². The Kier molecular flexibility index (Phi) is 7.00. The average molecular weight is 154 g/mol. The average Bonchev–Trinajstić information content (AvgIpc) is 2.01. The Balaban J connectivity index is 3.56. The molecule has 0 rings (SSSR count). The van der Waals surface area contributed by atoms with Crippen LogP contribution in [0.4, 0.5) is 0 Å². The van der Waals surface area contributed by atoms with Gasteiger partial charge in [0.05, 0.1) is 0 Å². The van der Waals surface area contributed by atoms with Gasteiger partial charge in [-0.15, -0.1) is 0 Å². The third-order valence-corrected chi connectivity index (χ3v) is 1.22.